The van der Waals surface area contributed by atoms with Gasteiger partial charge in [-0.2, -0.15) is 0 Å². The van der Waals surface area contributed by atoms with Crippen LogP contribution in [0, 0.1) is 13.8 Å². The molecular formula is C36H30N2OP+. The number of hydrogen-bond donors (Lipinski definition) is 0. The average molecular weight is 538 g/mol. The molecule has 0 N–H and O–H groups in total. The van der Waals surface area contributed by atoms with Crippen LogP contribution in [0.15, 0.2) is 133 Å². The van der Waals surface area contributed by atoms with Crippen LogP contribution in [0.3, 0.4) is 0 Å². The highest BCUT2D eigenvalue weighted by Crippen LogP contribution is 2.63. The van der Waals surface area contributed by atoms with E-state index in [0.29, 0.717) is 0 Å². The second-order valence-corrected chi connectivity index (χ2v) is 11.9. The van der Waals surface area contributed by atoms with Gasteiger partial charge in [0.05, 0.1) is 11.4 Å². The number of nitrogens with zero attached hydrogens (tertiary/aromatic N) is 2. The van der Waals surface area contributed by atoms with Crippen LogP contribution in [-0.2, 0) is 4.57 Å². The SMILES string of the molecule is Cc1ccc2ccccc2c1N1[C@@H](c2ccccc2)[C@H](c2ccccc2)N(c2c(C)ccc3ccccc23)[P+]1=O. The minimum absolute atomic E-state index is 0.171. The Kier molecular flexibility index (Phi) is 6.10. The fourth-order valence-electron chi connectivity index (χ4n) is 6.32. The molecule has 1 saturated heterocycles. The molecule has 194 valence electrons. The highest BCUT2D eigenvalue weighted by molar-refractivity contribution is 7.49. The van der Waals surface area contributed by atoms with Gasteiger partial charge in [-0.1, -0.05) is 133 Å². The van der Waals surface area contributed by atoms with Gasteiger partial charge in [-0.3, -0.25) is 0 Å². The maximum absolute atomic E-state index is 15.3. The van der Waals surface area contributed by atoms with E-state index in [0.717, 1.165) is 55.2 Å². The lowest BCUT2D eigenvalue weighted by Crippen LogP contribution is -2.24. The molecule has 6 aromatic rings. The van der Waals surface area contributed by atoms with Crippen molar-refractivity contribution in [3.05, 3.63) is 156 Å². The fraction of sp³-hybridized carbons (Fsp3) is 0.111. The normalized spacial score (nSPS) is 17.2. The lowest BCUT2D eigenvalue weighted by molar-refractivity contribution is 0.587. The standard InChI is InChI=1S/C36H30N2OP/c1-25-21-23-27-13-9-11-19-31(27)33(25)37-35(29-15-5-3-6-16-29)36(30-17-7-4-8-18-30)38(40(37)39)34-26(2)22-24-28-14-10-12-20-32(28)34/h3-24,35-36H,1-2H3/q+1/t35-,36-/m0/s1. The molecule has 0 spiro atoms. The summed E-state index contributed by atoms with van der Waals surface area (Å²) in [6, 6.07) is 46.4. The molecule has 3 nitrogen and oxygen atoms in total. The van der Waals surface area contributed by atoms with Crippen LogP contribution in [0.4, 0.5) is 11.4 Å². The van der Waals surface area contributed by atoms with Crippen LogP contribution >= 0.6 is 8.10 Å². The van der Waals surface area contributed by atoms with Crippen LogP contribution in [-0.4, -0.2) is 0 Å². The van der Waals surface area contributed by atoms with E-state index >= 15 is 4.57 Å². The Hall–Kier alpha value is -4.46. The van der Waals surface area contributed by atoms with Gasteiger partial charge in [0.15, 0.2) is 0 Å². The molecule has 1 fully saturated rings. The van der Waals surface area contributed by atoms with E-state index in [1.54, 1.807) is 0 Å². The van der Waals surface area contributed by atoms with Crippen LogP contribution in [0.25, 0.3) is 21.5 Å². The van der Waals surface area contributed by atoms with Crippen molar-refractivity contribution in [1.82, 2.24) is 0 Å². The second-order valence-electron chi connectivity index (χ2n) is 10.6. The molecule has 0 unspecified atom stereocenters. The molecule has 0 aromatic heterocycles. The van der Waals surface area contributed by atoms with Crippen LogP contribution in [0.1, 0.15) is 34.3 Å². The Balaban J connectivity index is 1.58. The molecule has 1 heterocycles. The molecule has 1 aliphatic rings. The van der Waals surface area contributed by atoms with Gasteiger partial charge < -0.3 is 0 Å². The lowest BCUT2D eigenvalue weighted by atomic mass is 9.91. The van der Waals surface area contributed by atoms with E-state index in [4.69, 9.17) is 0 Å². The smallest absolute Gasteiger partial charge is 0.134 e. The predicted molar refractivity (Wildman–Crippen MR) is 168 cm³/mol. The molecule has 0 radical (unpaired) electrons. The van der Waals surface area contributed by atoms with Crippen LogP contribution in [0.5, 0.6) is 0 Å². The van der Waals surface area contributed by atoms with E-state index < -0.39 is 8.10 Å². The van der Waals surface area contributed by atoms with Gasteiger partial charge in [-0.25, -0.2) is 0 Å². The zero-order chi connectivity index (χ0) is 27.2. The van der Waals surface area contributed by atoms with Crippen molar-refractivity contribution in [1.29, 1.82) is 0 Å². The molecular weight excluding hydrogens is 507 g/mol. The Morgan fingerprint density at radius 3 is 1.27 bits per heavy atom. The van der Waals surface area contributed by atoms with Crippen molar-refractivity contribution in [3.63, 3.8) is 0 Å². The van der Waals surface area contributed by atoms with Crippen molar-refractivity contribution in [3.8, 4) is 0 Å². The molecule has 4 heteroatoms. The average Bonchev–Trinajstić information content (AvgIpc) is 3.29. The highest BCUT2D eigenvalue weighted by atomic mass is 31.1. The molecule has 0 saturated carbocycles. The Morgan fingerprint density at radius 2 is 0.850 bits per heavy atom. The number of aryl methyl sites for hydroxylation is 2. The van der Waals surface area contributed by atoms with Gasteiger partial charge >= 0.3 is 8.10 Å². The molecule has 0 amide bonds. The third kappa shape index (κ3) is 3.89. The second kappa shape index (κ2) is 9.93. The van der Waals surface area contributed by atoms with Gasteiger partial charge in [0, 0.05) is 10.8 Å². The van der Waals surface area contributed by atoms with E-state index in [9.17, 15) is 0 Å². The summed E-state index contributed by atoms with van der Waals surface area (Å²) in [5, 5.41) is 4.54. The summed E-state index contributed by atoms with van der Waals surface area (Å²) in [7, 11) is -2.03. The maximum atomic E-state index is 15.3. The fourth-order valence-corrected chi connectivity index (χ4v) is 8.34. The highest BCUT2D eigenvalue weighted by Gasteiger charge is 2.60. The molecule has 0 aliphatic carbocycles. The zero-order valence-corrected chi connectivity index (χ0v) is 23.5. The zero-order valence-electron chi connectivity index (χ0n) is 22.6. The summed E-state index contributed by atoms with van der Waals surface area (Å²) < 4.78 is 19.7. The number of hydrogen-bond acceptors (Lipinski definition) is 1. The summed E-state index contributed by atoms with van der Waals surface area (Å²) in [5.74, 6) is 0. The molecule has 6 aromatic carbocycles. The van der Waals surface area contributed by atoms with Crippen molar-refractivity contribution in [2.75, 3.05) is 9.34 Å². The summed E-state index contributed by atoms with van der Waals surface area (Å²) in [6.45, 7) is 4.27. The molecule has 7 rings (SSSR count). The minimum atomic E-state index is -2.03. The molecule has 40 heavy (non-hydrogen) atoms. The summed E-state index contributed by atoms with van der Waals surface area (Å²) >= 11 is 0. The van der Waals surface area contributed by atoms with Crippen molar-refractivity contribution in [2.45, 2.75) is 25.9 Å². The predicted octanol–water partition coefficient (Wildman–Crippen LogP) is 10.1. The van der Waals surface area contributed by atoms with E-state index in [2.05, 4.69) is 157 Å². The summed E-state index contributed by atoms with van der Waals surface area (Å²) in [6.07, 6.45) is 0. The molecule has 1 aliphatic heterocycles. The Labute approximate surface area is 236 Å². The third-order valence-corrected chi connectivity index (χ3v) is 9.77. The quantitative estimate of drug-likeness (QED) is 0.209. The maximum Gasteiger partial charge on any atom is 0.597 e. The first-order valence-electron chi connectivity index (χ1n) is 13.8. The minimum Gasteiger partial charge on any atom is -0.134 e. The van der Waals surface area contributed by atoms with Crippen molar-refractivity contribution in [2.24, 2.45) is 0 Å². The molecule has 0 bridgehead atoms. The van der Waals surface area contributed by atoms with Gasteiger partial charge in [-0.05, 0) is 51.4 Å². The van der Waals surface area contributed by atoms with Crippen LogP contribution < -0.4 is 9.34 Å². The Morgan fingerprint density at radius 1 is 0.475 bits per heavy atom. The van der Waals surface area contributed by atoms with Crippen molar-refractivity contribution < 1.29 is 4.57 Å². The number of fused-ring (bicyclic) bond motifs is 2. The lowest BCUT2D eigenvalue weighted by Gasteiger charge is -2.26. The van der Waals surface area contributed by atoms with Gasteiger partial charge in [-0.15, -0.1) is 9.34 Å². The van der Waals surface area contributed by atoms with E-state index in [1.165, 1.54) is 0 Å². The largest absolute Gasteiger partial charge is 0.597 e. The van der Waals surface area contributed by atoms with Gasteiger partial charge in [0.2, 0.25) is 0 Å². The van der Waals surface area contributed by atoms with Gasteiger partial charge in [0.25, 0.3) is 0 Å². The summed E-state index contributed by atoms with van der Waals surface area (Å²) in [4.78, 5) is 0. The first-order chi connectivity index (χ1) is 19.6. The number of anilines is 2. The Bertz CT molecular complexity index is 1730. The summed E-state index contributed by atoms with van der Waals surface area (Å²) in [5.41, 5.74) is 6.60. The molecule has 2 atom stereocenters. The van der Waals surface area contributed by atoms with Gasteiger partial charge in [0.1, 0.15) is 12.1 Å². The van der Waals surface area contributed by atoms with E-state index in [-0.39, 0.29) is 12.1 Å². The number of rotatable bonds is 4. The third-order valence-electron chi connectivity index (χ3n) is 8.14. The first-order valence-corrected chi connectivity index (χ1v) is 14.9. The van der Waals surface area contributed by atoms with Crippen LogP contribution in [0.2, 0.25) is 0 Å². The topological polar surface area (TPSA) is 23.6 Å². The van der Waals surface area contributed by atoms with E-state index in [1.807, 2.05) is 0 Å². The number of benzene rings is 6. The first kappa shape index (κ1) is 24.6. The monoisotopic (exact) mass is 537 g/mol. The van der Waals surface area contributed by atoms with Crippen molar-refractivity contribution >= 4 is 41.0 Å².